The maximum atomic E-state index is 12.4. The van der Waals surface area contributed by atoms with Gasteiger partial charge in [-0.1, -0.05) is 23.9 Å². The Morgan fingerprint density at radius 2 is 1.85 bits per heavy atom. The lowest BCUT2D eigenvalue weighted by atomic mass is 10.2. The quantitative estimate of drug-likeness (QED) is 0.717. The molecule has 2 heterocycles. The molecule has 0 atom stereocenters. The molecule has 1 aliphatic rings. The minimum Gasteiger partial charge on any atom is -0.497 e. The molecule has 1 aliphatic heterocycles. The lowest BCUT2D eigenvalue weighted by molar-refractivity contribution is -0.136. The largest absolute Gasteiger partial charge is 0.497 e. The summed E-state index contributed by atoms with van der Waals surface area (Å²) in [6.07, 6.45) is 0. The zero-order valence-corrected chi connectivity index (χ0v) is 16.5. The molecule has 2 amide bonds. The van der Waals surface area contributed by atoms with E-state index in [1.807, 2.05) is 35.9 Å². The van der Waals surface area contributed by atoms with Crippen LogP contribution in [0, 0.1) is 0 Å². The summed E-state index contributed by atoms with van der Waals surface area (Å²) in [6.45, 7) is 3.90. The van der Waals surface area contributed by atoms with Gasteiger partial charge >= 0.3 is 0 Å². The molecule has 1 aromatic carbocycles. The van der Waals surface area contributed by atoms with Crippen molar-refractivity contribution in [3.63, 3.8) is 0 Å². The molecule has 3 rings (SSSR count). The molecule has 0 bridgehead atoms. The van der Waals surface area contributed by atoms with Gasteiger partial charge in [0.2, 0.25) is 11.8 Å². The number of ether oxygens (including phenoxy) is 1. The molecule has 27 heavy (non-hydrogen) atoms. The molecule has 0 aliphatic carbocycles. The average Bonchev–Trinajstić information content (AvgIpc) is 3.06. The zero-order valence-electron chi connectivity index (χ0n) is 15.7. The summed E-state index contributed by atoms with van der Waals surface area (Å²) in [7, 11) is 3.51. The summed E-state index contributed by atoms with van der Waals surface area (Å²) in [4.78, 5) is 27.4. The highest BCUT2D eigenvalue weighted by Gasteiger charge is 2.23. The molecule has 0 spiro atoms. The van der Waals surface area contributed by atoms with Crippen LogP contribution in [-0.4, -0.2) is 75.4 Å². The van der Waals surface area contributed by atoms with Crippen LogP contribution >= 0.6 is 11.8 Å². The van der Waals surface area contributed by atoms with Crippen LogP contribution in [0.5, 0.6) is 5.75 Å². The van der Waals surface area contributed by atoms with E-state index in [4.69, 9.17) is 4.74 Å². The number of benzene rings is 1. The third kappa shape index (κ3) is 4.41. The maximum absolute atomic E-state index is 12.4. The van der Waals surface area contributed by atoms with Crippen molar-refractivity contribution in [1.29, 1.82) is 0 Å². The molecular weight excluding hydrogens is 366 g/mol. The van der Waals surface area contributed by atoms with Crippen molar-refractivity contribution >= 4 is 23.6 Å². The van der Waals surface area contributed by atoms with E-state index in [9.17, 15) is 9.59 Å². The minimum absolute atomic E-state index is 0.0501. The van der Waals surface area contributed by atoms with Crippen molar-refractivity contribution in [3.8, 4) is 17.1 Å². The van der Waals surface area contributed by atoms with E-state index in [1.165, 1.54) is 11.8 Å². The Kier molecular flexibility index (Phi) is 6.00. The number of carbonyl (C=O) groups excluding carboxylic acids is 2. The molecule has 1 aromatic heterocycles. The van der Waals surface area contributed by atoms with Crippen molar-refractivity contribution in [3.05, 3.63) is 24.3 Å². The van der Waals surface area contributed by atoms with Crippen molar-refractivity contribution in [2.24, 2.45) is 7.05 Å². The predicted octanol–water partition coefficient (Wildman–Crippen LogP) is 1.27. The van der Waals surface area contributed by atoms with Crippen LogP contribution in [0.15, 0.2) is 29.4 Å². The van der Waals surface area contributed by atoms with E-state index in [2.05, 4.69) is 10.2 Å². The first kappa shape index (κ1) is 19.2. The number of aromatic nitrogens is 3. The van der Waals surface area contributed by atoms with Gasteiger partial charge in [0.15, 0.2) is 11.0 Å². The normalized spacial score (nSPS) is 14.3. The van der Waals surface area contributed by atoms with E-state index in [0.29, 0.717) is 37.1 Å². The molecule has 1 saturated heterocycles. The van der Waals surface area contributed by atoms with E-state index in [1.54, 1.807) is 23.8 Å². The van der Waals surface area contributed by atoms with Gasteiger partial charge in [-0.2, -0.15) is 0 Å². The Hall–Kier alpha value is -2.55. The second kappa shape index (κ2) is 8.43. The number of hydrogen-bond donors (Lipinski definition) is 0. The highest BCUT2D eigenvalue weighted by molar-refractivity contribution is 7.99. The number of thioether (sulfide) groups is 1. The highest BCUT2D eigenvalue weighted by Crippen LogP contribution is 2.25. The smallest absolute Gasteiger partial charge is 0.233 e. The number of rotatable bonds is 5. The van der Waals surface area contributed by atoms with Crippen LogP contribution in [-0.2, 0) is 16.6 Å². The predicted molar refractivity (Wildman–Crippen MR) is 103 cm³/mol. The number of carbonyl (C=O) groups is 2. The standard InChI is InChI=1S/C18H23N5O3S/c1-13(24)22-7-9-23(10-8-22)16(25)12-27-18-20-19-17(21(18)2)14-5-4-6-15(11-14)26-3/h4-6,11H,7-10,12H2,1-3H3. The fraction of sp³-hybridized carbons (Fsp3) is 0.444. The van der Waals surface area contributed by atoms with Gasteiger partial charge in [0, 0.05) is 45.7 Å². The third-order valence-electron chi connectivity index (χ3n) is 4.57. The summed E-state index contributed by atoms with van der Waals surface area (Å²) in [6, 6.07) is 7.62. The number of piperazine rings is 1. The van der Waals surface area contributed by atoms with Crippen LogP contribution in [0.4, 0.5) is 0 Å². The Bertz CT molecular complexity index is 830. The Morgan fingerprint density at radius 1 is 1.15 bits per heavy atom. The minimum atomic E-state index is 0.0501. The van der Waals surface area contributed by atoms with E-state index >= 15 is 0 Å². The molecule has 9 heteroatoms. The summed E-state index contributed by atoms with van der Waals surface area (Å²) in [5.41, 5.74) is 0.905. The third-order valence-corrected chi connectivity index (χ3v) is 5.57. The van der Waals surface area contributed by atoms with Crippen LogP contribution in [0.25, 0.3) is 11.4 Å². The SMILES string of the molecule is COc1cccc(-c2nnc(SCC(=O)N3CCN(C(C)=O)CC3)n2C)c1. The van der Waals surface area contributed by atoms with E-state index in [0.717, 1.165) is 17.1 Å². The number of methoxy groups -OCH3 is 1. The number of amides is 2. The first-order valence-electron chi connectivity index (χ1n) is 8.69. The van der Waals surface area contributed by atoms with Gasteiger partial charge in [0.25, 0.3) is 0 Å². The first-order valence-corrected chi connectivity index (χ1v) is 9.68. The van der Waals surface area contributed by atoms with Crippen LogP contribution in [0.1, 0.15) is 6.92 Å². The Labute approximate surface area is 162 Å². The van der Waals surface area contributed by atoms with Crippen LogP contribution in [0.3, 0.4) is 0 Å². The van der Waals surface area contributed by atoms with Gasteiger partial charge in [-0.25, -0.2) is 0 Å². The van der Waals surface area contributed by atoms with E-state index < -0.39 is 0 Å². The number of nitrogens with zero attached hydrogens (tertiary/aromatic N) is 5. The zero-order chi connectivity index (χ0) is 19.4. The molecule has 0 N–H and O–H groups in total. The monoisotopic (exact) mass is 389 g/mol. The number of hydrogen-bond acceptors (Lipinski definition) is 6. The van der Waals surface area contributed by atoms with E-state index in [-0.39, 0.29) is 11.8 Å². The second-order valence-corrected chi connectivity index (χ2v) is 7.22. The molecule has 2 aromatic rings. The molecular formula is C18H23N5O3S. The van der Waals surface area contributed by atoms with Crippen molar-refractivity contribution in [2.45, 2.75) is 12.1 Å². The fourth-order valence-electron chi connectivity index (χ4n) is 2.94. The van der Waals surface area contributed by atoms with Crippen LogP contribution in [0.2, 0.25) is 0 Å². The lowest BCUT2D eigenvalue weighted by Crippen LogP contribution is -2.50. The molecule has 144 valence electrons. The van der Waals surface area contributed by atoms with Crippen molar-refractivity contribution in [1.82, 2.24) is 24.6 Å². The average molecular weight is 389 g/mol. The highest BCUT2D eigenvalue weighted by atomic mass is 32.2. The van der Waals surface area contributed by atoms with Crippen molar-refractivity contribution < 1.29 is 14.3 Å². The second-order valence-electron chi connectivity index (χ2n) is 6.27. The Morgan fingerprint density at radius 3 is 2.52 bits per heavy atom. The summed E-state index contributed by atoms with van der Waals surface area (Å²) in [5.74, 6) is 1.88. The molecule has 0 radical (unpaired) electrons. The Balaban J connectivity index is 1.60. The van der Waals surface area contributed by atoms with Gasteiger partial charge in [-0.3, -0.25) is 9.59 Å². The molecule has 1 fully saturated rings. The van der Waals surface area contributed by atoms with Gasteiger partial charge in [-0.05, 0) is 12.1 Å². The van der Waals surface area contributed by atoms with Gasteiger partial charge in [-0.15, -0.1) is 10.2 Å². The van der Waals surface area contributed by atoms with Crippen molar-refractivity contribution in [2.75, 3.05) is 39.0 Å². The molecule has 0 saturated carbocycles. The maximum Gasteiger partial charge on any atom is 0.233 e. The fourth-order valence-corrected chi connectivity index (χ4v) is 3.76. The first-order chi connectivity index (χ1) is 13.0. The summed E-state index contributed by atoms with van der Waals surface area (Å²) >= 11 is 1.37. The molecule has 8 nitrogen and oxygen atoms in total. The lowest BCUT2D eigenvalue weighted by Gasteiger charge is -2.34. The van der Waals surface area contributed by atoms with Gasteiger partial charge in [0.1, 0.15) is 5.75 Å². The summed E-state index contributed by atoms with van der Waals surface area (Å²) < 4.78 is 7.13. The molecule has 0 unspecified atom stereocenters. The van der Waals surface area contributed by atoms with Gasteiger partial charge in [0.05, 0.1) is 12.9 Å². The topological polar surface area (TPSA) is 80.6 Å². The summed E-state index contributed by atoms with van der Waals surface area (Å²) in [5, 5.41) is 9.14. The van der Waals surface area contributed by atoms with Gasteiger partial charge < -0.3 is 19.1 Å². The van der Waals surface area contributed by atoms with Crippen LogP contribution < -0.4 is 4.74 Å².